The van der Waals surface area contributed by atoms with Crippen LogP contribution in [0.15, 0.2) is 70.9 Å². The van der Waals surface area contributed by atoms with E-state index in [-0.39, 0.29) is 0 Å². The third-order valence-electron chi connectivity index (χ3n) is 3.88. The summed E-state index contributed by atoms with van der Waals surface area (Å²) in [7, 11) is 12.6. The van der Waals surface area contributed by atoms with Crippen molar-refractivity contribution in [1.82, 2.24) is 0 Å². The van der Waals surface area contributed by atoms with Gasteiger partial charge in [0.2, 0.25) is 0 Å². The standard InChI is InChI=1S/C23H34N4/c1-26(2,3)24-22(20-14-9-7-10-15-20)18-13-19-23(25-27(4,5)6)21-16-11-8-12-17-21/h7-12,14-17H,13,18-19H2,1-6H3/q+2/b24-22-,25-23-. The predicted molar refractivity (Wildman–Crippen MR) is 116 cm³/mol. The first-order valence-corrected chi connectivity index (χ1v) is 9.56. The van der Waals surface area contributed by atoms with Crippen LogP contribution in [0.3, 0.4) is 0 Å². The van der Waals surface area contributed by atoms with E-state index in [0.717, 1.165) is 30.7 Å². The Morgan fingerprint density at radius 1 is 0.593 bits per heavy atom. The largest absolute Gasteiger partial charge is 0.205 e. The van der Waals surface area contributed by atoms with Gasteiger partial charge in [-0.05, 0) is 19.3 Å². The van der Waals surface area contributed by atoms with Crippen LogP contribution in [0, 0.1) is 0 Å². The van der Waals surface area contributed by atoms with E-state index in [2.05, 4.69) is 103 Å². The summed E-state index contributed by atoms with van der Waals surface area (Å²) in [6, 6.07) is 21.0. The highest BCUT2D eigenvalue weighted by Crippen LogP contribution is 2.15. The molecule has 0 amide bonds. The van der Waals surface area contributed by atoms with Crippen LogP contribution in [0.4, 0.5) is 0 Å². The maximum absolute atomic E-state index is 4.93. The number of benzene rings is 2. The smallest absolute Gasteiger partial charge is 0.103 e. The van der Waals surface area contributed by atoms with Crippen molar-refractivity contribution in [3.63, 3.8) is 0 Å². The van der Waals surface area contributed by atoms with Gasteiger partial charge in [-0.25, -0.2) is 9.18 Å². The Hall–Kier alpha value is -2.30. The van der Waals surface area contributed by atoms with Crippen molar-refractivity contribution < 1.29 is 9.18 Å². The highest BCUT2D eigenvalue weighted by Gasteiger charge is 2.15. The molecular formula is C23H34N4+2. The Balaban J connectivity index is 2.18. The Morgan fingerprint density at radius 3 is 1.22 bits per heavy atom. The van der Waals surface area contributed by atoms with E-state index in [4.69, 9.17) is 10.2 Å². The fourth-order valence-corrected chi connectivity index (χ4v) is 2.91. The average molecular weight is 367 g/mol. The topological polar surface area (TPSA) is 24.7 Å². The van der Waals surface area contributed by atoms with E-state index >= 15 is 0 Å². The van der Waals surface area contributed by atoms with E-state index in [9.17, 15) is 0 Å². The first-order valence-electron chi connectivity index (χ1n) is 9.56. The molecule has 0 saturated carbocycles. The summed E-state index contributed by atoms with van der Waals surface area (Å²) in [6.45, 7) is 0. The second-order valence-corrected chi connectivity index (χ2v) is 8.56. The molecule has 0 spiro atoms. The molecule has 2 aromatic carbocycles. The van der Waals surface area contributed by atoms with Gasteiger partial charge in [-0.15, -0.1) is 0 Å². The fourth-order valence-electron chi connectivity index (χ4n) is 2.91. The van der Waals surface area contributed by atoms with Crippen molar-refractivity contribution in [2.45, 2.75) is 19.3 Å². The first kappa shape index (κ1) is 21.0. The van der Waals surface area contributed by atoms with Crippen LogP contribution in [0.5, 0.6) is 0 Å². The second kappa shape index (κ2) is 9.07. The van der Waals surface area contributed by atoms with Crippen LogP contribution in [0.25, 0.3) is 0 Å². The summed E-state index contributed by atoms with van der Waals surface area (Å²) in [5.74, 6) is 0. The van der Waals surface area contributed by atoms with Crippen molar-refractivity contribution in [3.05, 3.63) is 71.8 Å². The van der Waals surface area contributed by atoms with Gasteiger partial charge in [-0.1, -0.05) is 70.9 Å². The lowest BCUT2D eigenvalue weighted by atomic mass is 10.0. The molecule has 0 saturated heterocycles. The molecule has 0 heterocycles. The van der Waals surface area contributed by atoms with Crippen molar-refractivity contribution >= 4 is 11.4 Å². The number of nitrogens with zero attached hydrogens (tertiary/aromatic N) is 4. The second-order valence-electron chi connectivity index (χ2n) is 8.56. The molecule has 4 nitrogen and oxygen atoms in total. The summed E-state index contributed by atoms with van der Waals surface area (Å²) in [5.41, 5.74) is 4.72. The van der Waals surface area contributed by atoms with E-state index in [0.29, 0.717) is 9.18 Å². The van der Waals surface area contributed by atoms with Gasteiger partial charge in [0.15, 0.2) is 0 Å². The van der Waals surface area contributed by atoms with Gasteiger partial charge >= 0.3 is 0 Å². The van der Waals surface area contributed by atoms with Gasteiger partial charge in [0.25, 0.3) is 0 Å². The average Bonchev–Trinajstić information content (AvgIpc) is 2.59. The zero-order valence-electron chi connectivity index (χ0n) is 17.7. The fraction of sp³-hybridized carbons (Fsp3) is 0.391. The summed E-state index contributed by atoms with van der Waals surface area (Å²) in [4.78, 5) is 0. The monoisotopic (exact) mass is 366 g/mol. The Bertz CT molecular complexity index is 696. The summed E-state index contributed by atoms with van der Waals surface area (Å²) in [5, 5.41) is 9.87. The number of hydrogen-bond acceptors (Lipinski definition) is 2. The zero-order valence-corrected chi connectivity index (χ0v) is 17.7. The molecule has 27 heavy (non-hydrogen) atoms. The van der Waals surface area contributed by atoms with Crippen LogP contribution in [0.2, 0.25) is 0 Å². The molecule has 0 N–H and O–H groups in total. The van der Waals surface area contributed by atoms with Gasteiger partial charge in [0.1, 0.15) is 11.4 Å². The molecule has 144 valence electrons. The van der Waals surface area contributed by atoms with Crippen LogP contribution >= 0.6 is 0 Å². The molecule has 0 fully saturated rings. The van der Waals surface area contributed by atoms with Crippen molar-refractivity contribution in [3.8, 4) is 0 Å². The maximum atomic E-state index is 4.93. The summed E-state index contributed by atoms with van der Waals surface area (Å²) >= 11 is 0. The molecule has 0 aromatic heterocycles. The molecule has 2 rings (SSSR count). The van der Waals surface area contributed by atoms with Gasteiger partial charge < -0.3 is 0 Å². The Labute approximate surface area is 164 Å². The first-order chi connectivity index (χ1) is 12.6. The van der Waals surface area contributed by atoms with Crippen molar-refractivity contribution in [1.29, 1.82) is 0 Å². The molecule has 0 radical (unpaired) electrons. The summed E-state index contributed by atoms with van der Waals surface area (Å²) < 4.78 is 1.14. The minimum absolute atomic E-state index is 0.572. The van der Waals surface area contributed by atoms with Crippen LogP contribution < -0.4 is 0 Å². The molecule has 0 atom stereocenters. The highest BCUT2D eigenvalue weighted by molar-refractivity contribution is 6.02. The molecule has 0 aliphatic rings. The number of hydrogen-bond donors (Lipinski definition) is 0. The molecule has 0 aliphatic heterocycles. The quantitative estimate of drug-likeness (QED) is 0.376. The van der Waals surface area contributed by atoms with E-state index < -0.39 is 0 Å². The third kappa shape index (κ3) is 7.85. The highest BCUT2D eigenvalue weighted by atomic mass is 15.6. The maximum Gasteiger partial charge on any atom is 0.103 e. The number of quaternary nitrogens is 2. The van der Waals surface area contributed by atoms with Gasteiger partial charge in [-0.3, -0.25) is 0 Å². The minimum atomic E-state index is 0.572. The third-order valence-corrected chi connectivity index (χ3v) is 3.88. The van der Waals surface area contributed by atoms with Crippen molar-refractivity contribution in [2.24, 2.45) is 10.2 Å². The summed E-state index contributed by atoms with van der Waals surface area (Å²) in [6.07, 6.45) is 2.88. The molecule has 4 heteroatoms. The molecule has 0 unspecified atom stereocenters. The van der Waals surface area contributed by atoms with Crippen LogP contribution in [-0.4, -0.2) is 62.9 Å². The normalized spacial score (nSPS) is 13.7. The van der Waals surface area contributed by atoms with Gasteiger partial charge in [-0.2, -0.15) is 0 Å². The van der Waals surface area contributed by atoms with Crippen molar-refractivity contribution in [2.75, 3.05) is 42.3 Å². The van der Waals surface area contributed by atoms with E-state index in [1.165, 1.54) is 11.1 Å². The zero-order chi connectivity index (χ0) is 19.9. The van der Waals surface area contributed by atoms with E-state index in [1.807, 2.05) is 0 Å². The Kier molecular flexibility index (Phi) is 7.05. The van der Waals surface area contributed by atoms with Crippen LogP contribution in [-0.2, 0) is 0 Å². The minimum Gasteiger partial charge on any atom is -0.205 e. The van der Waals surface area contributed by atoms with E-state index in [1.54, 1.807) is 0 Å². The molecule has 2 aromatic rings. The number of rotatable bonds is 8. The SMILES string of the molecule is C[N+](C)(C)/N=C(/CCC/C(=N/[N+](C)(C)C)c1ccccc1)c1ccccc1. The lowest BCUT2D eigenvalue weighted by Gasteiger charge is -2.19. The van der Waals surface area contributed by atoms with Gasteiger partial charge in [0, 0.05) is 11.1 Å². The van der Waals surface area contributed by atoms with Crippen LogP contribution in [0.1, 0.15) is 30.4 Å². The molecule has 0 aliphatic carbocycles. The lowest BCUT2D eigenvalue weighted by molar-refractivity contribution is -0.877. The predicted octanol–water partition coefficient (Wildman–Crippen LogP) is 4.38. The van der Waals surface area contributed by atoms with Gasteiger partial charge in [0.05, 0.1) is 42.3 Å². The Morgan fingerprint density at radius 2 is 0.926 bits per heavy atom. The lowest BCUT2D eigenvalue weighted by Crippen LogP contribution is -2.30. The molecular weight excluding hydrogens is 332 g/mol. The molecule has 0 bridgehead atoms.